The van der Waals surface area contributed by atoms with Crippen LogP contribution < -0.4 is 0 Å². The third-order valence-corrected chi connectivity index (χ3v) is 3.36. The molecule has 0 unspecified atom stereocenters. The van der Waals surface area contributed by atoms with E-state index in [4.69, 9.17) is 0 Å². The maximum absolute atomic E-state index is 12.4. The van der Waals surface area contributed by atoms with Crippen LogP contribution in [0.2, 0.25) is 0 Å². The smallest absolute Gasteiger partial charge is 0.276 e. The van der Waals surface area contributed by atoms with Crippen LogP contribution in [0.5, 0.6) is 0 Å². The molecular weight excluding hydrogens is 240 g/mol. The Morgan fingerprint density at radius 1 is 1.37 bits per heavy atom. The molecule has 0 atom stereocenters. The molecule has 3 rings (SSSR count). The third-order valence-electron chi connectivity index (χ3n) is 3.36. The Labute approximate surface area is 111 Å². The summed E-state index contributed by atoms with van der Waals surface area (Å²) in [6.45, 7) is 2.69. The highest BCUT2D eigenvalue weighted by molar-refractivity contribution is 5.92. The maximum Gasteiger partial charge on any atom is 0.276 e. The lowest BCUT2D eigenvalue weighted by Crippen LogP contribution is -2.32. The molecule has 1 heterocycles. The van der Waals surface area contributed by atoms with Crippen molar-refractivity contribution >= 4 is 5.91 Å². The molecule has 1 amide bonds. The molecule has 98 valence electrons. The molecule has 5 nitrogen and oxygen atoms in total. The Hall–Kier alpha value is -2.17. The number of aromatic amines is 1. The lowest BCUT2D eigenvalue weighted by Gasteiger charge is -2.21. The molecule has 0 radical (unpaired) electrons. The largest absolute Gasteiger partial charge is 0.330 e. The van der Waals surface area contributed by atoms with Crippen molar-refractivity contribution in [3.05, 3.63) is 47.3 Å². The summed E-state index contributed by atoms with van der Waals surface area (Å²) in [5.74, 6) is -0.0446. The summed E-state index contributed by atoms with van der Waals surface area (Å²) in [7, 11) is 0. The van der Waals surface area contributed by atoms with Crippen LogP contribution in [-0.2, 0) is 6.54 Å². The number of amides is 1. The summed E-state index contributed by atoms with van der Waals surface area (Å²) >= 11 is 0. The van der Waals surface area contributed by atoms with E-state index < -0.39 is 0 Å². The van der Waals surface area contributed by atoms with E-state index in [1.54, 1.807) is 0 Å². The van der Waals surface area contributed by atoms with Crippen molar-refractivity contribution in [1.29, 1.82) is 0 Å². The fourth-order valence-electron chi connectivity index (χ4n) is 2.09. The van der Waals surface area contributed by atoms with Gasteiger partial charge in [-0.1, -0.05) is 29.8 Å². The fraction of sp³-hybridized carbons (Fsp3) is 0.357. The monoisotopic (exact) mass is 256 g/mol. The first kappa shape index (κ1) is 11.9. The van der Waals surface area contributed by atoms with Gasteiger partial charge in [0.15, 0.2) is 5.69 Å². The molecule has 0 saturated heterocycles. The Kier molecular flexibility index (Phi) is 3.03. The summed E-state index contributed by atoms with van der Waals surface area (Å²) in [4.78, 5) is 14.3. The number of aryl methyl sites for hydroxylation is 1. The number of benzene rings is 1. The van der Waals surface area contributed by atoms with Crippen molar-refractivity contribution in [2.75, 3.05) is 0 Å². The van der Waals surface area contributed by atoms with Gasteiger partial charge >= 0.3 is 0 Å². The lowest BCUT2D eigenvalue weighted by molar-refractivity contribution is 0.0724. The zero-order valence-electron chi connectivity index (χ0n) is 10.8. The van der Waals surface area contributed by atoms with Crippen LogP contribution in [0.25, 0.3) is 0 Å². The number of nitrogens with one attached hydrogen (secondary N) is 1. The van der Waals surface area contributed by atoms with Crippen LogP contribution in [0.4, 0.5) is 0 Å². The van der Waals surface area contributed by atoms with E-state index in [0.29, 0.717) is 18.3 Å². The molecule has 2 aromatic rings. The lowest BCUT2D eigenvalue weighted by atomic mass is 10.1. The van der Waals surface area contributed by atoms with Gasteiger partial charge in [-0.2, -0.15) is 15.4 Å². The van der Waals surface area contributed by atoms with E-state index >= 15 is 0 Å². The van der Waals surface area contributed by atoms with Gasteiger partial charge in [0.1, 0.15) is 0 Å². The van der Waals surface area contributed by atoms with Crippen LogP contribution in [0.3, 0.4) is 0 Å². The number of H-pyrrole nitrogens is 1. The van der Waals surface area contributed by atoms with Gasteiger partial charge in [0.05, 0.1) is 6.20 Å². The van der Waals surface area contributed by atoms with Crippen molar-refractivity contribution in [3.63, 3.8) is 0 Å². The molecule has 1 aromatic carbocycles. The van der Waals surface area contributed by atoms with E-state index in [-0.39, 0.29) is 5.91 Å². The SMILES string of the molecule is Cc1ccc(CN(C(=O)c2cn[nH]n2)C2CC2)cc1. The molecular formula is C14H16N4O. The first-order valence-electron chi connectivity index (χ1n) is 6.46. The average molecular weight is 256 g/mol. The van der Waals surface area contributed by atoms with Crippen LogP contribution in [0, 0.1) is 6.92 Å². The first-order valence-corrected chi connectivity index (χ1v) is 6.46. The van der Waals surface area contributed by atoms with Crippen molar-refractivity contribution in [2.45, 2.75) is 32.4 Å². The number of aromatic nitrogens is 3. The van der Waals surface area contributed by atoms with Crippen LogP contribution in [-0.4, -0.2) is 32.3 Å². The Morgan fingerprint density at radius 3 is 2.68 bits per heavy atom. The molecule has 1 saturated carbocycles. The summed E-state index contributed by atoms with van der Waals surface area (Å²) in [5, 5.41) is 10.1. The van der Waals surface area contributed by atoms with Crippen LogP contribution >= 0.6 is 0 Å². The number of carbonyl (C=O) groups excluding carboxylic acids is 1. The molecule has 1 fully saturated rings. The van der Waals surface area contributed by atoms with E-state index in [2.05, 4.69) is 46.6 Å². The summed E-state index contributed by atoms with van der Waals surface area (Å²) in [6.07, 6.45) is 3.64. The molecule has 0 aliphatic heterocycles. The van der Waals surface area contributed by atoms with Gasteiger partial charge in [-0.15, -0.1) is 0 Å². The standard InChI is InChI=1S/C14H16N4O/c1-10-2-4-11(5-3-10)9-18(12-6-7-12)14(19)13-8-15-17-16-13/h2-5,8,12H,6-7,9H2,1H3,(H,15,16,17). The maximum atomic E-state index is 12.4. The summed E-state index contributed by atoms with van der Waals surface area (Å²) < 4.78 is 0. The van der Waals surface area contributed by atoms with Gasteiger partial charge in [-0.3, -0.25) is 4.79 Å². The topological polar surface area (TPSA) is 61.9 Å². The Morgan fingerprint density at radius 2 is 2.11 bits per heavy atom. The van der Waals surface area contributed by atoms with Crippen molar-refractivity contribution in [1.82, 2.24) is 20.3 Å². The second-order valence-corrected chi connectivity index (χ2v) is 5.01. The van der Waals surface area contributed by atoms with Gasteiger partial charge in [-0.05, 0) is 25.3 Å². The number of nitrogens with zero attached hydrogens (tertiary/aromatic N) is 3. The summed E-state index contributed by atoms with van der Waals surface area (Å²) in [5.41, 5.74) is 2.76. The molecule has 5 heteroatoms. The molecule has 19 heavy (non-hydrogen) atoms. The van der Waals surface area contributed by atoms with Gasteiger partial charge in [0, 0.05) is 12.6 Å². The quantitative estimate of drug-likeness (QED) is 0.909. The predicted octanol–water partition coefficient (Wildman–Crippen LogP) is 1.92. The van der Waals surface area contributed by atoms with Gasteiger partial charge in [0.2, 0.25) is 0 Å². The van der Waals surface area contributed by atoms with E-state index in [9.17, 15) is 4.79 Å². The number of rotatable bonds is 4. The molecule has 1 aromatic heterocycles. The van der Waals surface area contributed by atoms with E-state index in [1.165, 1.54) is 11.8 Å². The third kappa shape index (κ3) is 2.65. The number of hydrogen-bond acceptors (Lipinski definition) is 3. The highest BCUT2D eigenvalue weighted by atomic mass is 16.2. The average Bonchev–Trinajstić information content (AvgIpc) is 3.11. The second kappa shape index (κ2) is 4.84. The highest BCUT2D eigenvalue weighted by Crippen LogP contribution is 2.29. The Balaban J connectivity index is 1.78. The van der Waals surface area contributed by atoms with Gasteiger partial charge < -0.3 is 4.90 Å². The Bertz CT molecular complexity index is 558. The zero-order chi connectivity index (χ0) is 13.2. The van der Waals surface area contributed by atoms with Gasteiger partial charge in [0.25, 0.3) is 5.91 Å². The molecule has 1 aliphatic rings. The second-order valence-electron chi connectivity index (χ2n) is 5.01. The molecule has 1 aliphatic carbocycles. The minimum Gasteiger partial charge on any atom is -0.330 e. The summed E-state index contributed by atoms with van der Waals surface area (Å²) in [6, 6.07) is 8.63. The van der Waals surface area contributed by atoms with Crippen molar-refractivity contribution in [3.8, 4) is 0 Å². The minimum absolute atomic E-state index is 0.0446. The van der Waals surface area contributed by atoms with Crippen molar-refractivity contribution in [2.24, 2.45) is 0 Å². The number of hydrogen-bond donors (Lipinski definition) is 1. The predicted molar refractivity (Wildman–Crippen MR) is 70.5 cm³/mol. The van der Waals surface area contributed by atoms with Gasteiger partial charge in [-0.25, -0.2) is 0 Å². The first-order chi connectivity index (χ1) is 9.24. The number of carbonyl (C=O) groups is 1. The van der Waals surface area contributed by atoms with E-state index in [0.717, 1.165) is 18.4 Å². The molecule has 0 bridgehead atoms. The zero-order valence-corrected chi connectivity index (χ0v) is 10.8. The highest BCUT2D eigenvalue weighted by Gasteiger charge is 2.33. The van der Waals surface area contributed by atoms with E-state index in [1.807, 2.05) is 4.90 Å². The van der Waals surface area contributed by atoms with Crippen LogP contribution in [0.15, 0.2) is 30.5 Å². The van der Waals surface area contributed by atoms with Crippen LogP contribution in [0.1, 0.15) is 34.5 Å². The molecule has 0 spiro atoms. The normalized spacial score (nSPS) is 14.4. The minimum atomic E-state index is -0.0446. The molecule has 1 N–H and O–H groups in total. The fourth-order valence-corrected chi connectivity index (χ4v) is 2.09. The van der Waals surface area contributed by atoms with Crippen molar-refractivity contribution < 1.29 is 4.79 Å².